The van der Waals surface area contributed by atoms with E-state index in [9.17, 15) is 23.1 Å². The molecule has 0 aliphatic carbocycles. The van der Waals surface area contributed by atoms with Gasteiger partial charge in [-0.05, 0) is 55.3 Å². The molecule has 3 heterocycles. The number of anilines is 1. The maximum absolute atomic E-state index is 14.6. The van der Waals surface area contributed by atoms with Crippen LogP contribution in [0.1, 0.15) is 31.4 Å². The summed E-state index contributed by atoms with van der Waals surface area (Å²) in [6, 6.07) is 20.5. The summed E-state index contributed by atoms with van der Waals surface area (Å²) in [4.78, 5) is 47.8. The topological polar surface area (TPSA) is 138 Å². The molecule has 1 spiro atoms. The molecule has 244 valence electrons. The van der Waals surface area contributed by atoms with Crippen molar-refractivity contribution in [2.45, 2.75) is 49.2 Å². The molecule has 1 unspecified atom stereocenters. The Labute approximate surface area is 281 Å². The number of aliphatic imine (C=N–C) groups is 1. The number of amidine groups is 1. The molecule has 3 aromatic rings. The quantitative estimate of drug-likeness (QED) is 0.175. The van der Waals surface area contributed by atoms with Crippen LogP contribution in [0.3, 0.4) is 0 Å². The smallest absolute Gasteiger partial charge is 0.357 e. The molecule has 0 saturated carbocycles. The Morgan fingerprint density at radius 1 is 0.957 bits per heavy atom. The van der Waals surface area contributed by atoms with Crippen LogP contribution in [0.15, 0.2) is 104 Å². The van der Waals surface area contributed by atoms with Gasteiger partial charge in [0.05, 0.1) is 37.4 Å². The number of sulfonamides is 1. The zero-order chi connectivity index (χ0) is 33.5. The van der Waals surface area contributed by atoms with Gasteiger partial charge in [0.15, 0.2) is 32.9 Å². The molecule has 6 rings (SSSR count). The summed E-state index contributed by atoms with van der Waals surface area (Å²) in [5.74, 6) is -2.61. The van der Waals surface area contributed by atoms with E-state index in [0.717, 1.165) is 9.87 Å². The second-order valence-corrected chi connectivity index (χ2v) is 13.9. The SMILES string of the molecule is CCOC(=O)C1=C(C(=O)OCC)[C@@H]2N(Cc3ccccc3)c3ccccc3[C@@]23C[C@@H](C(=O)OC)N([S+](=O)([O-])c2ccc(Br)cc2)C3=N1. The highest BCUT2D eigenvalue weighted by molar-refractivity contribution is 9.10. The number of benzene rings is 3. The predicted octanol–water partition coefficient (Wildman–Crippen LogP) is 4.72. The highest BCUT2D eigenvalue weighted by Gasteiger charge is 2.70. The van der Waals surface area contributed by atoms with E-state index in [-0.39, 0.29) is 48.2 Å². The van der Waals surface area contributed by atoms with Gasteiger partial charge in [0.2, 0.25) is 0 Å². The summed E-state index contributed by atoms with van der Waals surface area (Å²) in [6.45, 7) is 3.52. The van der Waals surface area contributed by atoms with Gasteiger partial charge in [-0.2, -0.15) is 4.31 Å². The monoisotopic (exact) mass is 721 g/mol. The Balaban J connectivity index is 1.69. The van der Waals surface area contributed by atoms with Gasteiger partial charge in [-0.1, -0.05) is 68.7 Å². The average molecular weight is 723 g/mol. The van der Waals surface area contributed by atoms with E-state index in [4.69, 9.17) is 19.2 Å². The number of ether oxygens (including phenoxy) is 3. The fourth-order valence-corrected chi connectivity index (χ4v) is 8.73. The minimum absolute atomic E-state index is 0.00915. The van der Waals surface area contributed by atoms with E-state index in [1.54, 1.807) is 26.0 Å². The molecular weight excluding hydrogens is 690 g/mol. The zero-order valence-corrected chi connectivity index (χ0v) is 28.3. The number of rotatable bonds is 9. The Morgan fingerprint density at radius 3 is 2.26 bits per heavy atom. The molecule has 3 aliphatic rings. The maximum Gasteiger partial charge on any atom is 0.357 e. The van der Waals surface area contributed by atoms with Gasteiger partial charge in [0.25, 0.3) is 0 Å². The number of nitrogens with zero attached hydrogens (tertiary/aromatic N) is 3. The predicted molar refractivity (Wildman–Crippen MR) is 176 cm³/mol. The molecule has 0 bridgehead atoms. The van der Waals surface area contributed by atoms with E-state index in [1.165, 1.54) is 19.2 Å². The number of para-hydroxylation sites is 1. The second-order valence-electron chi connectivity index (χ2n) is 11.1. The molecule has 3 aromatic carbocycles. The van der Waals surface area contributed by atoms with Crippen LogP contribution in [-0.4, -0.2) is 65.0 Å². The molecule has 11 nitrogen and oxygen atoms in total. The Kier molecular flexibility index (Phi) is 8.81. The van der Waals surface area contributed by atoms with Crippen LogP contribution in [0.2, 0.25) is 0 Å². The van der Waals surface area contributed by atoms with Crippen molar-refractivity contribution in [1.29, 1.82) is 0 Å². The highest BCUT2D eigenvalue weighted by Crippen LogP contribution is 2.59. The number of hydrogen-bond donors (Lipinski definition) is 0. The van der Waals surface area contributed by atoms with Crippen molar-refractivity contribution in [2.75, 3.05) is 25.2 Å². The summed E-state index contributed by atoms with van der Waals surface area (Å²) in [5, 5.41) is 0. The summed E-state index contributed by atoms with van der Waals surface area (Å²) >= 11 is 3.34. The van der Waals surface area contributed by atoms with E-state index in [1.807, 2.05) is 59.5 Å². The van der Waals surface area contributed by atoms with Crippen molar-refractivity contribution in [3.05, 3.63) is 106 Å². The van der Waals surface area contributed by atoms with Crippen LogP contribution in [0, 0.1) is 0 Å². The summed E-state index contributed by atoms with van der Waals surface area (Å²) in [5.41, 5.74) is 0.372. The van der Waals surface area contributed by atoms with E-state index in [0.29, 0.717) is 15.7 Å². The number of carbonyl (C=O) groups excluding carboxylic acids is 3. The van der Waals surface area contributed by atoms with Crippen molar-refractivity contribution in [2.24, 2.45) is 4.99 Å². The van der Waals surface area contributed by atoms with Crippen LogP contribution in [-0.2, 0) is 55.2 Å². The highest BCUT2D eigenvalue weighted by atomic mass is 79.9. The van der Waals surface area contributed by atoms with Gasteiger partial charge in [0.1, 0.15) is 0 Å². The Hall–Kier alpha value is -4.33. The van der Waals surface area contributed by atoms with Crippen LogP contribution in [0.4, 0.5) is 5.69 Å². The van der Waals surface area contributed by atoms with Crippen LogP contribution >= 0.6 is 15.9 Å². The molecule has 3 aliphatic heterocycles. The normalized spacial score (nSPS) is 22.4. The van der Waals surface area contributed by atoms with Gasteiger partial charge in [-0.3, -0.25) is 0 Å². The largest absolute Gasteiger partial charge is 0.588 e. The fraction of sp³-hybridized carbons (Fsp3) is 0.294. The summed E-state index contributed by atoms with van der Waals surface area (Å²) in [6.07, 6.45) is -0.125. The number of carbonyl (C=O) groups is 3. The molecule has 4 atom stereocenters. The zero-order valence-electron chi connectivity index (χ0n) is 25.9. The van der Waals surface area contributed by atoms with Gasteiger partial charge in [-0.15, -0.1) is 0 Å². The maximum atomic E-state index is 14.6. The first kappa shape index (κ1) is 32.6. The van der Waals surface area contributed by atoms with Gasteiger partial charge < -0.3 is 23.7 Å². The van der Waals surface area contributed by atoms with Crippen LogP contribution in [0.5, 0.6) is 0 Å². The first-order valence-electron chi connectivity index (χ1n) is 15.1. The lowest BCUT2D eigenvalue weighted by molar-refractivity contribution is -0.144. The van der Waals surface area contributed by atoms with Crippen LogP contribution < -0.4 is 4.90 Å². The summed E-state index contributed by atoms with van der Waals surface area (Å²) < 4.78 is 46.9. The number of methoxy groups -OCH3 is 1. The first-order chi connectivity index (χ1) is 22.6. The van der Waals surface area contributed by atoms with E-state index >= 15 is 0 Å². The first-order valence-corrected chi connectivity index (χ1v) is 17.3. The van der Waals surface area contributed by atoms with Crippen molar-refractivity contribution < 1.29 is 37.4 Å². The lowest BCUT2D eigenvalue weighted by Crippen LogP contribution is -2.56. The molecule has 0 N–H and O–H groups in total. The molecule has 47 heavy (non-hydrogen) atoms. The fourth-order valence-electron chi connectivity index (χ4n) is 6.83. The number of hydrogen-bond acceptors (Lipinski definition) is 10. The van der Waals surface area contributed by atoms with Gasteiger partial charge in [-0.25, -0.2) is 19.4 Å². The van der Waals surface area contributed by atoms with Crippen molar-refractivity contribution in [3.63, 3.8) is 0 Å². The number of fused-ring (bicyclic) bond motifs is 1. The van der Waals surface area contributed by atoms with Crippen LogP contribution in [0.25, 0.3) is 0 Å². The second kappa shape index (κ2) is 12.7. The van der Waals surface area contributed by atoms with Gasteiger partial charge >= 0.3 is 17.9 Å². The minimum Gasteiger partial charge on any atom is -0.588 e. The summed E-state index contributed by atoms with van der Waals surface area (Å²) in [7, 11) is -3.31. The third-order valence-corrected chi connectivity index (χ3v) is 11.0. The molecule has 1 fully saturated rings. The van der Waals surface area contributed by atoms with E-state index < -0.39 is 45.8 Å². The lowest BCUT2D eigenvalue weighted by atomic mass is 9.69. The minimum atomic E-state index is -4.49. The number of esters is 3. The molecular formula is C34H32BrN3O8S. The third kappa shape index (κ3) is 5.26. The molecule has 0 radical (unpaired) electrons. The molecule has 0 aromatic heterocycles. The molecule has 13 heteroatoms. The number of halogens is 1. The van der Waals surface area contributed by atoms with Crippen molar-refractivity contribution in [3.8, 4) is 0 Å². The van der Waals surface area contributed by atoms with Gasteiger partial charge in [0, 0.05) is 23.1 Å². The Bertz CT molecular complexity index is 1850. The van der Waals surface area contributed by atoms with Crippen molar-refractivity contribution in [1.82, 2.24) is 4.31 Å². The molecule has 1 saturated heterocycles. The van der Waals surface area contributed by atoms with E-state index in [2.05, 4.69) is 15.9 Å². The molecule has 0 amide bonds. The lowest BCUT2D eigenvalue weighted by Gasteiger charge is -2.41. The van der Waals surface area contributed by atoms with Crippen molar-refractivity contribution >= 4 is 55.8 Å². The Morgan fingerprint density at radius 2 is 1.60 bits per heavy atom. The average Bonchev–Trinajstić information content (AvgIpc) is 3.56. The standard InChI is InChI=1S/C34H32BrN3O8S/c1-4-45-31(40)27-28(32(41)46-5-2)36-33-34(19-26(30(39)44-3)38(33)47(42,43)23-17-15-22(35)16-18-23)24-13-9-10-14-25(24)37(29(27)34)20-21-11-7-6-8-12-21/h6-18,26,29H,4-5,19-20H2,1-3H3/t26-,29-,34-/m0/s1. The third-order valence-electron chi connectivity index (χ3n) is 8.63.